The molecule has 1 atom stereocenters. The summed E-state index contributed by atoms with van der Waals surface area (Å²) < 4.78 is 0. The summed E-state index contributed by atoms with van der Waals surface area (Å²) in [5.74, 6) is -1.54. The van der Waals surface area contributed by atoms with Crippen molar-refractivity contribution in [2.75, 3.05) is 6.54 Å². The second-order valence-electron chi connectivity index (χ2n) is 9.24. The summed E-state index contributed by atoms with van der Waals surface area (Å²) in [6.07, 6.45) is 2.15. The Balaban J connectivity index is 2.18. The molecular weight excluding hydrogens is 442 g/mol. The van der Waals surface area contributed by atoms with Gasteiger partial charge in [0.05, 0.1) is 13.0 Å². The lowest BCUT2D eigenvalue weighted by Crippen LogP contribution is -2.52. The highest BCUT2D eigenvalue weighted by Gasteiger charge is 2.32. The number of hydroxylamine groups is 1. The molecule has 0 aliphatic carbocycles. The third kappa shape index (κ3) is 9.37. The minimum Gasteiger partial charge on any atom is -0.368 e. The molecule has 0 aromatic heterocycles. The van der Waals surface area contributed by atoms with Gasteiger partial charge in [-0.15, -0.1) is 0 Å². The average molecular weight is 480 g/mol. The first kappa shape index (κ1) is 27.8. The monoisotopic (exact) mass is 479 g/mol. The number of hydrogen-bond acceptors (Lipinski definition) is 4. The standard InChI is InChI=1S/C28H37N3O4/c1-20(2)17-24(18-25(32)30-35-19-23-13-9-6-10-14-23)28(34)31(26(21(3)4)27(29)33)16-15-22-11-7-5-8-12-22/h5-14,17,20-21,26H,15-16,18-19H2,1-4H3,(H2,29,33)(H,30,32)/t26-/m0/s1. The summed E-state index contributed by atoms with van der Waals surface area (Å²) in [4.78, 5) is 45.5. The summed E-state index contributed by atoms with van der Waals surface area (Å²) in [7, 11) is 0. The zero-order chi connectivity index (χ0) is 25.8. The first-order chi connectivity index (χ1) is 16.7. The van der Waals surface area contributed by atoms with Gasteiger partial charge in [-0.05, 0) is 29.4 Å². The van der Waals surface area contributed by atoms with Crippen molar-refractivity contribution >= 4 is 17.7 Å². The number of nitrogens with zero attached hydrogens (tertiary/aromatic N) is 1. The Hall–Kier alpha value is -3.45. The van der Waals surface area contributed by atoms with Crippen LogP contribution < -0.4 is 11.2 Å². The third-order valence-electron chi connectivity index (χ3n) is 5.43. The normalized spacial score (nSPS) is 12.5. The number of nitrogens with two attached hydrogens (primary N) is 1. The molecule has 2 aromatic rings. The van der Waals surface area contributed by atoms with Crippen molar-refractivity contribution in [2.45, 2.75) is 53.2 Å². The lowest BCUT2D eigenvalue weighted by atomic mass is 9.98. The SMILES string of the molecule is CC(C)C=C(CC(=O)NOCc1ccccc1)C(=O)N(CCc1ccccc1)[C@H](C(N)=O)C(C)C. The predicted molar refractivity (Wildman–Crippen MR) is 137 cm³/mol. The fourth-order valence-electron chi connectivity index (χ4n) is 3.88. The Labute approximate surface area is 208 Å². The van der Waals surface area contributed by atoms with Crippen LogP contribution in [0.5, 0.6) is 0 Å². The van der Waals surface area contributed by atoms with E-state index in [2.05, 4.69) is 5.48 Å². The minimum absolute atomic E-state index is 0.0223. The summed E-state index contributed by atoms with van der Waals surface area (Å²) in [6, 6.07) is 18.4. The summed E-state index contributed by atoms with van der Waals surface area (Å²) in [5, 5.41) is 0. The maximum atomic E-state index is 13.7. The number of carbonyl (C=O) groups is 3. The number of allylic oxidation sites excluding steroid dienone is 1. The van der Waals surface area contributed by atoms with Crippen LogP contribution in [-0.4, -0.2) is 35.2 Å². The average Bonchev–Trinajstić information content (AvgIpc) is 2.81. The molecule has 3 amide bonds. The molecule has 0 spiro atoms. The smallest absolute Gasteiger partial charge is 0.250 e. The van der Waals surface area contributed by atoms with E-state index in [1.54, 1.807) is 6.08 Å². The van der Waals surface area contributed by atoms with E-state index >= 15 is 0 Å². The van der Waals surface area contributed by atoms with E-state index in [0.717, 1.165) is 11.1 Å². The molecule has 0 radical (unpaired) electrons. The molecule has 35 heavy (non-hydrogen) atoms. The van der Waals surface area contributed by atoms with E-state index in [4.69, 9.17) is 10.6 Å². The summed E-state index contributed by atoms with van der Waals surface area (Å²) >= 11 is 0. The number of benzene rings is 2. The van der Waals surface area contributed by atoms with Crippen molar-refractivity contribution in [3.8, 4) is 0 Å². The van der Waals surface area contributed by atoms with Crippen LogP contribution in [0, 0.1) is 11.8 Å². The van der Waals surface area contributed by atoms with Gasteiger partial charge in [-0.25, -0.2) is 5.48 Å². The second-order valence-corrected chi connectivity index (χ2v) is 9.24. The van der Waals surface area contributed by atoms with Gasteiger partial charge in [-0.1, -0.05) is 94.4 Å². The molecule has 3 N–H and O–H groups in total. The maximum Gasteiger partial charge on any atom is 0.250 e. The van der Waals surface area contributed by atoms with Gasteiger partial charge in [0.25, 0.3) is 5.91 Å². The fraction of sp³-hybridized carbons (Fsp3) is 0.393. The second kappa shape index (κ2) is 14.1. The number of primary amides is 1. The minimum atomic E-state index is -0.792. The molecule has 0 aliphatic rings. The van der Waals surface area contributed by atoms with Gasteiger partial charge in [-0.2, -0.15) is 0 Å². The van der Waals surface area contributed by atoms with Gasteiger partial charge in [0, 0.05) is 12.1 Å². The first-order valence-corrected chi connectivity index (χ1v) is 12.0. The van der Waals surface area contributed by atoms with Gasteiger partial charge in [0.15, 0.2) is 0 Å². The Morgan fingerprint density at radius 1 is 0.943 bits per heavy atom. The van der Waals surface area contributed by atoms with Gasteiger partial charge in [-0.3, -0.25) is 19.2 Å². The molecule has 7 heteroatoms. The highest BCUT2D eigenvalue weighted by molar-refractivity contribution is 6.00. The quantitative estimate of drug-likeness (QED) is 0.337. The summed E-state index contributed by atoms with van der Waals surface area (Å²) in [5.41, 5.74) is 10.4. The van der Waals surface area contributed by atoms with Crippen LogP contribution in [0.2, 0.25) is 0 Å². The molecular formula is C28H37N3O4. The number of amides is 3. The van der Waals surface area contributed by atoms with Crippen LogP contribution >= 0.6 is 0 Å². The van der Waals surface area contributed by atoms with Crippen LogP contribution in [-0.2, 0) is 32.2 Å². The van der Waals surface area contributed by atoms with E-state index in [1.165, 1.54) is 4.90 Å². The molecule has 0 aliphatic heterocycles. The number of rotatable bonds is 13. The lowest BCUT2D eigenvalue weighted by molar-refractivity contribution is -0.139. The molecule has 0 heterocycles. The molecule has 0 bridgehead atoms. The zero-order valence-corrected chi connectivity index (χ0v) is 21.1. The Bertz CT molecular complexity index is 988. The number of nitrogens with one attached hydrogen (secondary N) is 1. The van der Waals surface area contributed by atoms with Gasteiger partial charge in [0.2, 0.25) is 11.8 Å². The largest absolute Gasteiger partial charge is 0.368 e. The van der Waals surface area contributed by atoms with Crippen molar-refractivity contribution in [1.29, 1.82) is 0 Å². The highest BCUT2D eigenvalue weighted by Crippen LogP contribution is 2.19. The molecule has 0 saturated heterocycles. The van der Waals surface area contributed by atoms with E-state index in [-0.39, 0.29) is 30.8 Å². The molecule has 188 valence electrons. The third-order valence-corrected chi connectivity index (χ3v) is 5.43. The van der Waals surface area contributed by atoms with E-state index in [9.17, 15) is 14.4 Å². The van der Waals surface area contributed by atoms with E-state index < -0.39 is 17.9 Å². The van der Waals surface area contributed by atoms with E-state index in [0.29, 0.717) is 18.5 Å². The van der Waals surface area contributed by atoms with Crippen LogP contribution in [0.1, 0.15) is 45.2 Å². The highest BCUT2D eigenvalue weighted by atomic mass is 16.6. The molecule has 7 nitrogen and oxygen atoms in total. The molecule has 0 unspecified atom stereocenters. The first-order valence-electron chi connectivity index (χ1n) is 12.0. The van der Waals surface area contributed by atoms with Gasteiger partial charge < -0.3 is 10.6 Å². The molecule has 0 saturated carbocycles. The topological polar surface area (TPSA) is 102 Å². The zero-order valence-electron chi connectivity index (χ0n) is 21.1. The van der Waals surface area contributed by atoms with Crippen LogP contribution in [0.3, 0.4) is 0 Å². The van der Waals surface area contributed by atoms with Crippen molar-refractivity contribution in [3.05, 3.63) is 83.4 Å². The number of hydrogen-bond donors (Lipinski definition) is 2. The molecule has 2 rings (SSSR count). The Morgan fingerprint density at radius 2 is 1.51 bits per heavy atom. The van der Waals surface area contributed by atoms with Crippen LogP contribution in [0.4, 0.5) is 0 Å². The van der Waals surface area contributed by atoms with Gasteiger partial charge in [0.1, 0.15) is 6.04 Å². The van der Waals surface area contributed by atoms with Crippen molar-refractivity contribution in [1.82, 2.24) is 10.4 Å². The lowest BCUT2D eigenvalue weighted by Gasteiger charge is -2.33. The van der Waals surface area contributed by atoms with E-state index in [1.807, 2.05) is 88.4 Å². The Kier molecular flexibility index (Phi) is 11.2. The van der Waals surface area contributed by atoms with Crippen molar-refractivity contribution in [2.24, 2.45) is 17.6 Å². The van der Waals surface area contributed by atoms with Crippen LogP contribution in [0.15, 0.2) is 72.3 Å². The fourth-order valence-corrected chi connectivity index (χ4v) is 3.88. The van der Waals surface area contributed by atoms with Crippen molar-refractivity contribution < 1.29 is 19.2 Å². The molecule has 2 aromatic carbocycles. The maximum absolute atomic E-state index is 13.7. The molecule has 0 fully saturated rings. The number of carbonyl (C=O) groups excluding carboxylic acids is 3. The summed E-state index contributed by atoms with van der Waals surface area (Å²) in [6.45, 7) is 8.08. The van der Waals surface area contributed by atoms with Gasteiger partial charge >= 0.3 is 0 Å². The predicted octanol–water partition coefficient (Wildman–Crippen LogP) is 3.79. The van der Waals surface area contributed by atoms with Crippen LogP contribution in [0.25, 0.3) is 0 Å². The van der Waals surface area contributed by atoms with Crippen molar-refractivity contribution in [3.63, 3.8) is 0 Å². The Morgan fingerprint density at radius 3 is 2.03 bits per heavy atom.